The van der Waals surface area contributed by atoms with Gasteiger partial charge < -0.3 is 20.5 Å². The van der Waals surface area contributed by atoms with Crippen LogP contribution < -0.4 is 15.4 Å². The topological polar surface area (TPSA) is 79.3 Å². The molecule has 0 saturated carbocycles. The molecular weight excluding hydrogens is 351 g/mol. The largest absolute Gasteiger partial charge is 0.424 e. The zero-order chi connectivity index (χ0) is 15.6. The quantitative estimate of drug-likeness (QED) is 0.583. The molecular formula is C16H24Cl2N4O2. The molecule has 0 spiro atoms. The molecule has 0 bridgehead atoms. The molecule has 0 aliphatic carbocycles. The molecule has 1 heterocycles. The Morgan fingerprint density at radius 1 is 1.08 bits per heavy atom. The van der Waals surface area contributed by atoms with Crippen LogP contribution in [0.5, 0.6) is 11.8 Å². The number of hydrogen-bond acceptors (Lipinski definition) is 6. The third-order valence-electron chi connectivity index (χ3n) is 2.90. The van der Waals surface area contributed by atoms with Gasteiger partial charge >= 0.3 is 6.01 Å². The molecule has 0 saturated heterocycles. The van der Waals surface area contributed by atoms with Crippen LogP contribution in [0.1, 0.15) is 12.5 Å². The molecule has 2 aromatic rings. The van der Waals surface area contributed by atoms with Crippen molar-refractivity contribution in [3.05, 3.63) is 48.3 Å². The molecule has 0 aliphatic rings. The monoisotopic (exact) mass is 374 g/mol. The van der Waals surface area contributed by atoms with Crippen LogP contribution >= 0.6 is 24.8 Å². The van der Waals surface area contributed by atoms with Crippen molar-refractivity contribution >= 4 is 24.8 Å². The van der Waals surface area contributed by atoms with Crippen LogP contribution in [0.4, 0.5) is 0 Å². The standard InChI is InChI=1S/C16H22N4O2.2ClH/c1-13(21)11-17-8-9-18-12-14-4-2-5-15(10-14)22-16-19-6-3-7-20-16;;/h2-7,10,13,17-18,21H,8-9,11-12H2,1H3;2*1H. The minimum Gasteiger partial charge on any atom is -0.424 e. The average molecular weight is 375 g/mol. The summed E-state index contributed by atoms with van der Waals surface area (Å²) in [6.45, 7) is 4.78. The van der Waals surface area contributed by atoms with Gasteiger partial charge in [0.25, 0.3) is 0 Å². The Bertz CT molecular complexity index is 559. The Kier molecular flexibility index (Phi) is 12.1. The first kappa shape index (κ1) is 22.6. The van der Waals surface area contributed by atoms with E-state index in [-0.39, 0.29) is 30.9 Å². The molecule has 1 aromatic heterocycles. The summed E-state index contributed by atoms with van der Waals surface area (Å²) in [6.07, 6.45) is 2.98. The molecule has 8 heteroatoms. The van der Waals surface area contributed by atoms with E-state index < -0.39 is 0 Å². The van der Waals surface area contributed by atoms with Gasteiger partial charge in [-0.05, 0) is 30.7 Å². The van der Waals surface area contributed by atoms with Crippen molar-refractivity contribution < 1.29 is 9.84 Å². The van der Waals surface area contributed by atoms with Crippen molar-refractivity contribution in [2.45, 2.75) is 19.6 Å². The van der Waals surface area contributed by atoms with E-state index in [0.29, 0.717) is 12.6 Å². The van der Waals surface area contributed by atoms with Crippen LogP contribution in [0.25, 0.3) is 0 Å². The molecule has 1 unspecified atom stereocenters. The van der Waals surface area contributed by atoms with Gasteiger partial charge in [0.15, 0.2) is 0 Å². The maximum absolute atomic E-state index is 9.13. The lowest BCUT2D eigenvalue weighted by molar-refractivity contribution is 0.191. The summed E-state index contributed by atoms with van der Waals surface area (Å²) < 4.78 is 5.60. The first-order chi connectivity index (χ1) is 10.7. The van der Waals surface area contributed by atoms with Crippen LogP contribution in [-0.4, -0.2) is 40.8 Å². The summed E-state index contributed by atoms with van der Waals surface area (Å²) in [4.78, 5) is 8.07. The average Bonchev–Trinajstić information content (AvgIpc) is 2.52. The molecule has 0 radical (unpaired) electrons. The zero-order valence-corrected chi connectivity index (χ0v) is 15.1. The number of aromatic nitrogens is 2. The first-order valence-corrected chi connectivity index (χ1v) is 7.37. The smallest absolute Gasteiger partial charge is 0.321 e. The van der Waals surface area contributed by atoms with Gasteiger partial charge in [0, 0.05) is 38.6 Å². The SMILES string of the molecule is CC(O)CNCCNCc1cccc(Oc2ncccn2)c1.Cl.Cl. The Morgan fingerprint density at radius 2 is 1.79 bits per heavy atom. The van der Waals surface area contributed by atoms with Crippen LogP contribution in [0.15, 0.2) is 42.7 Å². The molecule has 24 heavy (non-hydrogen) atoms. The van der Waals surface area contributed by atoms with Gasteiger partial charge in [0.05, 0.1) is 6.10 Å². The van der Waals surface area contributed by atoms with Crippen molar-refractivity contribution in [3.63, 3.8) is 0 Å². The van der Waals surface area contributed by atoms with Gasteiger partial charge in [0.1, 0.15) is 5.75 Å². The number of aliphatic hydroxyl groups excluding tert-OH is 1. The zero-order valence-electron chi connectivity index (χ0n) is 13.5. The molecule has 134 valence electrons. The molecule has 6 nitrogen and oxygen atoms in total. The Balaban J connectivity index is 0.00000264. The lowest BCUT2D eigenvalue weighted by Crippen LogP contribution is -2.31. The van der Waals surface area contributed by atoms with Crippen molar-refractivity contribution in [2.75, 3.05) is 19.6 Å². The molecule has 0 fully saturated rings. The third-order valence-corrected chi connectivity index (χ3v) is 2.90. The van der Waals surface area contributed by atoms with Crippen LogP contribution in [0.2, 0.25) is 0 Å². The minimum absolute atomic E-state index is 0. The van der Waals surface area contributed by atoms with Crippen molar-refractivity contribution in [1.82, 2.24) is 20.6 Å². The van der Waals surface area contributed by atoms with Gasteiger partial charge in [-0.1, -0.05) is 12.1 Å². The molecule has 0 aliphatic heterocycles. The number of nitrogens with zero attached hydrogens (tertiary/aromatic N) is 2. The third kappa shape index (κ3) is 9.00. The van der Waals surface area contributed by atoms with Crippen LogP contribution in [0, 0.1) is 0 Å². The first-order valence-electron chi connectivity index (χ1n) is 7.37. The Labute approximate surface area is 154 Å². The highest BCUT2D eigenvalue weighted by Gasteiger charge is 2.01. The highest BCUT2D eigenvalue weighted by molar-refractivity contribution is 5.85. The summed E-state index contributed by atoms with van der Waals surface area (Å²) >= 11 is 0. The van der Waals surface area contributed by atoms with Gasteiger partial charge in [-0.15, -0.1) is 24.8 Å². The number of aliphatic hydroxyl groups is 1. The fraction of sp³-hybridized carbons (Fsp3) is 0.375. The second kappa shape index (κ2) is 12.9. The van der Waals surface area contributed by atoms with Crippen LogP contribution in [-0.2, 0) is 6.54 Å². The predicted molar refractivity (Wildman–Crippen MR) is 99.3 cm³/mol. The fourth-order valence-corrected chi connectivity index (χ4v) is 1.88. The maximum Gasteiger partial charge on any atom is 0.321 e. The second-order valence-electron chi connectivity index (χ2n) is 5.01. The predicted octanol–water partition coefficient (Wildman–Crippen LogP) is 2.17. The normalized spacial score (nSPS) is 11.1. The van der Waals surface area contributed by atoms with E-state index in [0.717, 1.165) is 30.9 Å². The minimum atomic E-state index is -0.311. The summed E-state index contributed by atoms with van der Waals surface area (Å²) in [7, 11) is 0. The summed E-state index contributed by atoms with van der Waals surface area (Å²) in [5.41, 5.74) is 1.13. The number of nitrogens with one attached hydrogen (secondary N) is 2. The summed E-state index contributed by atoms with van der Waals surface area (Å²) in [5, 5.41) is 15.6. The number of ether oxygens (including phenoxy) is 1. The maximum atomic E-state index is 9.13. The lowest BCUT2D eigenvalue weighted by atomic mass is 10.2. The molecule has 1 atom stereocenters. The van der Waals surface area contributed by atoms with Crippen molar-refractivity contribution in [1.29, 1.82) is 0 Å². The van der Waals surface area contributed by atoms with Gasteiger partial charge in [0.2, 0.25) is 0 Å². The molecule has 0 amide bonds. The van der Waals surface area contributed by atoms with E-state index in [1.807, 2.05) is 24.3 Å². The van der Waals surface area contributed by atoms with Gasteiger partial charge in [-0.2, -0.15) is 0 Å². The van der Waals surface area contributed by atoms with E-state index in [9.17, 15) is 0 Å². The highest BCUT2D eigenvalue weighted by Crippen LogP contribution is 2.18. The van der Waals surface area contributed by atoms with E-state index in [2.05, 4.69) is 20.6 Å². The van der Waals surface area contributed by atoms with Gasteiger partial charge in [-0.3, -0.25) is 0 Å². The number of hydrogen-bond donors (Lipinski definition) is 3. The van der Waals surface area contributed by atoms with E-state index >= 15 is 0 Å². The lowest BCUT2D eigenvalue weighted by Gasteiger charge is -2.09. The van der Waals surface area contributed by atoms with E-state index in [4.69, 9.17) is 9.84 Å². The van der Waals surface area contributed by atoms with E-state index in [1.165, 1.54) is 0 Å². The molecule has 3 N–H and O–H groups in total. The molecule has 2 rings (SSSR count). The van der Waals surface area contributed by atoms with Gasteiger partial charge in [-0.25, -0.2) is 9.97 Å². The Morgan fingerprint density at radius 3 is 2.50 bits per heavy atom. The second-order valence-corrected chi connectivity index (χ2v) is 5.01. The fourth-order valence-electron chi connectivity index (χ4n) is 1.88. The van der Waals surface area contributed by atoms with Crippen molar-refractivity contribution in [2.24, 2.45) is 0 Å². The van der Waals surface area contributed by atoms with E-state index in [1.54, 1.807) is 25.4 Å². The number of benzene rings is 1. The highest BCUT2D eigenvalue weighted by atomic mass is 35.5. The van der Waals surface area contributed by atoms with Crippen molar-refractivity contribution in [3.8, 4) is 11.8 Å². The number of rotatable bonds is 9. The van der Waals surface area contributed by atoms with Crippen LogP contribution in [0.3, 0.4) is 0 Å². The number of halogens is 2. The molecule has 1 aromatic carbocycles. The summed E-state index contributed by atoms with van der Waals surface area (Å²) in [5.74, 6) is 0.720. The Hall–Kier alpha value is -1.44. The summed E-state index contributed by atoms with van der Waals surface area (Å²) in [6, 6.07) is 9.92.